The molecule has 1 aliphatic carbocycles. The molecule has 0 spiro atoms. The normalized spacial score (nSPS) is 18.1. The maximum absolute atomic E-state index is 11.5. The molecule has 1 rings (SSSR count). The summed E-state index contributed by atoms with van der Waals surface area (Å²) in [6, 6.07) is 1.28. The number of carbonyl (C=O) groups excluding carboxylic acids is 2. The molecule has 5 nitrogen and oxygen atoms in total. The zero-order valence-electron chi connectivity index (χ0n) is 9.53. The zero-order valence-corrected chi connectivity index (χ0v) is 9.53. The van der Waals surface area contributed by atoms with Gasteiger partial charge in [-0.25, -0.2) is 4.79 Å². The first kappa shape index (κ1) is 12.5. The van der Waals surface area contributed by atoms with Crippen LogP contribution in [-0.2, 0) is 14.3 Å². The maximum atomic E-state index is 11.5. The molecule has 0 aromatic carbocycles. The predicted octanol–water partition coefficient (Wildman–Crippen LogP) is 0.604. The Kier molecular flexibility index (Phi) is 4.29. The van der Waals surface area contributed by atoms with Crippen molar-refractivity contribution >= 4 is 11.9 Å². The van der Waals surface area contributed by atoms with Crippen LogP contribution in [0.4, 0.5) is 0 Å². The summed E-state index contributed by atoms with van der Waals surface area (Å²) >= 11 is 0. The topological polar surface area (TPSA) is 79.2 Å². The first-order valence-electron chi connectivity index (χ1n) is 5.35. The summed E-state index contributed by atoms with van der Waals surface area (Å²) in [6.45, 7) is 1.75. The summed E-state index contributed by atoms with van der Waals surface area (Å²) in [6.07, 6.45) is 1.98. The molecule has 0 unspecified atom stereocenters. The number of hydrogen-bond donors (Lipinski definition) is 1. The first-order chi connectivity index (χ1) is 7.60. The first-order valence-corrected chi connectivity index (χ1v) is 5.35. The van der Waals surface area contributed by atoms with Crippen LogP contribution in [0.5, 0.6) is 0 Å². The van der Waals surface area contributed by atoms with Crippen LogP contribution >= 0.6 is 0 Å². The van der Waals surface area contributed by atoms with Gasteiger partial charge in [-0.1, -0.05) is 6.92 Å². The molecule has 0 aliphatic heterocycles. The smallest absolute Gasteiger partial charge is 0.328 e. The molecule has 0 radical (unpaired) electrons. The number of hydrogen-bond acceptors (Lipinski definition) is 4. The van der Waals surface area contributed by atoms with Crippen molar-refractivity contribution in [3.05, 3.63) is 0 Å². The van der Waals surface area contributed by atoms with Crippen LogP contribution in [0.2, 0.25) is 0 Å². The van der Waals surface area contributed by atoms with Crippen molar-refractivity contribution < 1.29 is 14.3 Å². The van der Waals surface area contributed by atoms with E-state index in [1.807, 2.05) is 6.07 Å². The van der Waals surface area contributed by atoms with Crippen LogP contribution in [0, 0.1) is 23.2 Å². The predicted molar refractivity (Wildman–Crippen MR) is 56.1 cm³/mol. The third kappa shape index (κ3) is 3.23. The number of rotatable bonds is 5. The lowest BCUT2D eigenvalue weighted by molar-refractivity contribution is -0.146. The zero-order chi connectivity index (χ0) is 12.1. The number of carbonyl (C=O) groups is 2. The Morgan fingerprint density at radius 3 is 2.62 bits per heavy atom. The van der Waals surface area contributed by atoms with Crippen molar-refractivity contribution in [1.29, 1.82) is 5.26 Å². The van der Waals surface area contributed by atoms with Crippen LogP contribution in [-0.4, -0.2) is 25.0 Å². The van der Waals surface area contributed by atoms with Crippen molar-refractivity contribution in [3.63, 3.8) is 0 Å². The fourth-order valence-electron chi connectivity index (χ4n) is 1.44. The second kappa shape index (κ2) is 5.50. The van der Waals surface area contributed by atoms with E-state index in [9.17, 15) is 9.59 Å². The fourth-order valence-corrected chi connectivity index (χ4v) is 1.44. The van der Waals surface area contributed by atoms with Gasteiger partial charge in [-0.2, -0.15) is 5.26 Å². The minimum atomic E-state index is -0.710. The van der Waals surface area contributed by atoms with E-state index < -0.39 is 12.0 Å². The number of nitriles is 1. The maximum Gasteiger partial charge on any atom is 0.328 e. The third-order valence-electron chi connectivity index (χ3n) is 2.68. The SMILES string of the molecule is COC(=O)[C@@H](NC(=O)C1CC1)[C@@H](C)CC#N. The summed E-state index contributed by atoms with van der Waals surface area (Å²) in [5.74, 6) is -0.793. The second-order valence-electron chi connectivity index (χ2n) is 4.12. The van der Waals surface area contributed by atoms with Gasteiger partial charge in [0.1, 0.15) is 6.04 Å². The van der Waals surface area contributed by atoms with Gasteiger partial charge in [0.2, 0.25) is 5.91 Å². The minimum Gasteiger partial charge on any atom is -0.467 e. The van der Waals surface area contributed by atoms with Crippen LogP contribution in [0.15, 0.2) is 0 Å². The number of ether oxygens (including phenoxy) is 1. The van der Waals surface area contributed by atoms with E-state index in [0.29, 0.717) is 0 Å². The van der Waals surface area contributed by atoms with Crippen LogP contribution < -0.4 is 5.32 Å². The molecule has 5 heteroatoms. The van der Waals surface area contributed by atoms with Gasteiger partial charge in [-0.3, -0.25) is 4.79 Å². The highest BCUT2D eigenvalue weighted by molar-refractivity contribution is 5.87. The van der Waals surface area contributed by atoms with Crippen LogP contribution in [0.1, 0.15) is 26.2 Å². The van der Waals surface area contributed by atoms with Crippen LogP contribution in [0.3, 0.4) is 0 Å². The Morgan fingerprint density at radius 1 is 1.56 bits per heavy atom. The van der Waals surface area contributed by atoms with Gasteiger partial charge in [0, 0.05) is 18.3 Å². The summed E-state index contributed by atoms with van der Waals surface area (Å²) in [7, 11) is 1.28. The molecule has 1 amide bonds. The molecular formula is C11H16N2O3. The Morgan fingerprint density at radius 2 is 2.19 bits per heavy atom. The van der Waals surface area contributed by atoms with Crippen molar-refractivity contribution in [2.45, 2.75) is 32.2 Å². The van der Waals surface area contributed by atoms with Crippen molar-refractivity contribution in [3.8, 4) is 6.07 Å². The van der Waals surface area contributed by atoms with Crippen molar-refractivity contribution in [2.24, 2.45) is 11.8 Å². The van der Waals surface area contributed by atoms with Gasteiger partial charge in [0.25, 0.3) is 0 Å². The number of esters is 1. The Labute approximate surface area is 94.8 Å². The highest BCUT2D eigenvalue weighted by Gasteiger charge is 2.34. The Bertz CT molecular complexity index is 318. The van der Waals surface area contributed by atoms with Gasteiger partial charge < -0.3 is 10.1 Å². The number of nitrogens with one attached hydrogen (secondary N) is 1. The lowest BCUT2D eigenvalue weighted by atomic mass is 9.99. The molecule has 1 N–H and O–H groups in total. The molecule has 16 heavy (non-hydrogen) atoms. The van der Waals surface area contributed by atoms with Crippen molar-refractivity contribution in [2.75, 3.05) is 7.11 Å². The van der Waals surface area contributed by atoms with Gasteiger partial charge in [-0.05, 0) is 12.8 Å². The number of methoxy groups -OCH3 is 1. The second-order valence-corrected chi connectivity index (χ2v) is 4.12. The van der Waals surface area contributed by atoms with E-state index in [0.717, 1.165) is 12.8 Å². The van der Waals surface area contributed by atoms with Gasteiger partial charge in [0.05, 0.1) is 13.2 Å². The summed E-state index contributed by atoms with van der Waals surface area (Å²) in [5, 5.41) is 11.2. The monoisotopic (exact) mass is 224 g/mol. The summed E-state index contributed by atoms with van der Waals surface area (Å²) < 4.78 is 4.62. The Balaban J connectivity index is 2.59. The van der Waals surface area contributed by atoms with E-state index in [4.69, 9.17) is 5.26 Å². The molecule has 0 aromatic rings. The molecule has 1 saturated carbocycles. The number of amides is 1. The van der Waals surface area contributed by atoms with E-state index in [2.05, 4.69) is 10.1 Å². The molecule has 1 aliphatic rings. The highest BCUT2D eigenvalue weighted by atomic mass is 16.5. The average Bonchev–Trinajstić information content (AvgIpc) is 3.08. The minimum absolute atomic E-state index is 0.0430. The van der Waals surface area contributed by atoms with Gasteiger partial charge >= 0.3 is 5.97 Å². The van der Waals surface area contributed by atoms with Gasteiger partial charge in [-0.15, -0.1) is 0 Å². The summed E-state index contributed by atoms with van der Waals surface area (Å²) in [5.41, 5.74) is 0. The van der Waals surface area contributed by atoms with Gasteiger partial charge in [0.15, 0.2) is 0 Å². The van der Waals surface area contributed by atoms with E-state index in [-0.39, 0.29) is 24.2 Å². The quantitative estimate of drug-likeness (QED) is 0.694. The lowest BCUT2D eigenvalue weighted by Crippen LogP contribution is -2.46. The molecule has 1 fully saturated rings. The standard InChI is InChI=1S/C11H16N2O3/c1-7(5-6-12)9(11(15)16-2)13-10(14)8-3-4-8/h7-9H,3-5H2,1-2H3,(H,13,14)/t7-,9-/m0/s1. The van der Waals surface area contributed by atoms with E-state index in [1.165, 1.54) is 7.11 Å². The van der Waals surface area contributed by atoms with Crippen LogP contribution in [0.25, 0.3) is 0 Å². The molecule has 2 atom stereocenters. The molecular weight excluding hydrogens is 208 g/mol. The molecule has 0 aromatic heterocycles. The van der Waals surface area contributed by atoms with E-state index in [1.54, 1.807) is 6.92 Å². The third-order valence-corrected chi connectivity index (χ3v) is 2.68. The molecule has 0 saturated heterocycles. The summed E-state index contributed by atoms with van der Waals surface area (Å²) in [4.78, 5) is 23.0. The largest absolute Gasteiger partial charge is 0.467 e. The molecule has 0 bridgehead atoms. The average molecular weight is 224 g/mol. The molecule has 0 heterocycles. The number of nitrogens with zero attached hydrogens (tertiary/aromatic N) is 1. The fraction of sp³-hybridized carbons (Fsp3) is 0.727. The van der Waals surface area contributed by atoms with Crippen molar-refractivity contribution in [1.82, 2.24) is 5.32 Å². The lowest BCUT2D eigenvalue weighted by Gasteiger charge is -2.20. The Hall–Kier alpha value is -1.57. The molecule has 88 valence electrons. The highest BCUT2D eigenvalue weighted by Crippen LogP contribution is 2.29. The van der Waals surface area contributed by atoms with E-state index >= 15 is 0 Å².